The Morgan fingerprint density at radius 2 is 2.22 bits per heavy atom. The lowest BCUT2D eigenvalue weighted by molar-refractivity contribution is -0.138. The minimum Gasteiger partial charge on any atom is -0.480 e. The summed E-state index contributed by atoms with van der Waals surface area (Å²) in [7, 11) is 0. The van der Waals surface area contributed by atoms with Gasteiger partial charge in [-0.25, -0.2) is 4.98 Å². The second-order valence-corrected chi connectivity index (χ2v) is 5.04. The molecule has 1 unspecified atom stereocenters. The maximum Gasteiger partial charge on any atom is 0.320 e. The number of rotatable bonds is 4. The number of carboxylic acid groups (broad SMARTS) is 1. The second kappa shape index (κ2) is 5.48. The molecule has 0 bridgehead atoms. The Bertz CT molecular complexity index is 571. The lowest BCUT2D eigenvalue weighted by atomic mass is 10.2. The molecule has 3 N–H and O–H groups in total. The van der Waals surface area contributed by atoms with Crippen LogP contribution in [0, 0.1) is 0 Å². The van der Waals surface area contributed by atoms with Crippen molar-refractivity contribution in [3.63, 3.8) is 0 Å². The van der Waals surface area contributed by atoms with Crippen molar-refractivity contribution >= 4 is 28.9 Å². The smallest absolute Gasteiger partial charge is 0.320 e. The van der Waals surface area contributed by atoms with Gasteiger partial charge in [0.15, 0.2) is 0 Å². The maximum atomic E-state index is 10.7. The van der Waals surface area contributed by atoms with Crippen molar-refractivity contribution < 1.29 is 9.90 Å². The fourth-order valence-corrected chi connectivity index (χ4v) is 2.62. The first-order chi connectivity index (χ1) is 8.58. The Balaban J connectivity index is 2.21. The summed E-state index contributed by atoms with van der Waals surface area (Å²) in [5, 5.41) is 11.9. The third-order valence-electron chi connectivity index (χ3n) is 2.40. The molecule has 6 heteroatoms. The van der Waals surface area contributed by atoms with Crippen LogP contribution in [0.1, 0.15) is 5.69 Å². The summed E-state index contributed by atoms with van der Waals surface area (Å²) < 4.78 is 0. The molecule has 1 aromatic heterocycles. The first-order valence-corrected chi connectivity index (χ1v) is 6.51. The van der Waals surface area contributed by atoms with Crippen LogP contribution in [0.4, 0.5) is 0 Å². The molecular weight excluding hydrogens is 272 g/mol. The van der Waals surface area contributed by atoms with Gasteiger partial charge in [-0.2, -0.15) is 0 Å². The molecule has 0 saturated carbocycles. The third-order valence-corrected chi connectivity index (χ3v) is 3.66. The van der Waals surface area contributed by atoms with Crippen LogP contribution >= 0.6 is 22.9 Å². The lowest BCUT2D eigenvalue weighted by Crippen LogP contribution is -2.32. The standard InChI is InChI=1S/C12H11ClN2O2S/c13-9-4-2-1-3-8(9)11-15-7(6-18-11)5-10(14)12(16)17/h1-4,6,10H,5,14H2,(H,16,17). The predicted molar refractivity (Wildman–Crippen MR) is 71.9 cm³/mol. The van der Waals surface area contributed by atoms with Crippen LogP contribution in [-0.4, -0.2) is 22.1 Å². The highest BCUT2D eigenvalue weighted by molar-refractivity contribution is 7.13. The van der Waals surface area contributed by atoms with Crippen molar-refractivity contribution in [3.05, 3.63) is 40.4 Å². The van der Waals surface area contributed by atoms with Crippen molar-refractivity contribution in [2.75, 3.05) is 0 Å². The van der Waals surface area contributed by atoms with Crippen molar-refractivity contribution in [1.82, 2.24) is 4.98 Å². The number of nitrogens with zero attached hydrogens (tertiary/aromatic N) is 1. The number of aliphatic carboxylic acids is 1. The largest absolute Gasteiger partial charge is 0.480 e. The molecule has 1 aromatic carbocycles. The van der Waals surface area contributed by atoms with E-state index >= 15 is 0 Å². The first kappa shape index (κ1) is 13.0. The van der Waals surface area contributed by atoms with Crippen molar-refractivity contribution in [2.45, 2.75) is 12.5 Å². The second-order valence-electron chi connectivity index (χ2n) is 3.77. The molecule has 0 aliphatic heterocycles. The molecule has 1 heterocycles. The Labute approximate surface area is 113 Å². The van der Waals surface area contributed by atoms with Crippen molar-refractivity contribution in [2.24, 2.45) is 5.73 Å². The summed E-state index contributed by atoms with van der Waals surface area (Å²) in [6.07, 6.45) is 0.219. The summed E-state index contributed by atoms with van der Waals surface area (Å²) in [5.41, 5.74) is 6.98. The summed E-state index contributed by atoms with van der Waals surface area (Å²) in [4.78, 5) is 15.0. The molecule has 0 fully saturated rings. The van der Waals surface area contributed by atoms with Gasteiger partial charge in [0.25, 0.3) is 0 Å². The van der Waals surface area contributed by atoms with E-state index in [1.165, 1.54) is 11.3 Å². The van der Waals surface area contributed by atoms with Gasteiger partial charge in [-0.1, -0.05) is 29.8 Å². The molecule has 0 aliphatic rings. The number of aromatic nitrogens is 1. The van der Waals surface area contributed by atoms with E-state index in [4.69, 9.17) is 22.4 Å². The number of thiazole rings is 1. The van der Waals surface area contributed by atoms with Gasteiger partial charge < -0.3 is 10.8 Å². The summed E-state index contributed by atoms with van der Waals surface area (Å²) in [5.74, 6) is -1.03. The molecule has 0 spiro atoms. The fourth-order valence-electron chi connectivity index (χ4n) is 1.47. The van der Waals surface area contributed by atoms with Gasteiger partial charge in [0.1, 0.15) is 11.0 Å². The topological polar surface area (TPSA) is 76.2 Å². The average molecular weight is 283 g/mol. The zero-order valence-electron chi connectivity index (χ0n) is 9.34. The molecule has 0 amide bonds. The van der Waals surface area contributed by atoms with Gasteiger partial charge in [-0.05, 0) is 6.07 Å². The number of nitrogens with two attached hydrogens (primary N) is 1. The first-order valence-electron chi connectivity index (χ1n) is 5.25. The lowest BCUT2D eigenvalue weighted by Gasteiger charge is -2.02. The number of hydrogen-bond donors (Lipinski definition) is 2. The summed E-state index contributed by atoms with van der Waals surface area (Å²) in [6, 6.07) is 6.47. The molecular formula is C12H11ClN2O2S. The van der Waals surface area contributed by atoms with Gasteiger partial charge in [0.2, 0.25) is 0 Å². The van der Waals surface area contributed by atoms with E-state index < -0.39 is 12.0 Å². The van der Waals surface area contributed by atoms with Crippen LogP contribution in [-0.2, 0) is 11.2 Å². The minimum absolute atomic E-state index is 0.219. The molecule has 1 atom stereocenters. The Morgan fingerprint density at radius 1 is 1.50 bits per heavy atom. The zero-order valence-corrected chi connectivity index (χ0v) is 10.9. The van der Waals surface area contributed by atoms with E-state index in [-0.39, 0.29) is 6.42 Å². The predicted octanol–water partition coefficient (Wildman–Crippen LogP) is 2.42. The van der Waals surface area contributed by atoms with Crippen LogP contribution in [0.3, 0.4) is 0 Å². The highest BCUT2D eigenvalue weighted by Crippen LogP contribution is 2.30. The third kappa shape index (κ3) is 2.87. The Kier molecular flexibility index (Phi) is 3.96. The van der Waals surface area contributed by atoms with E-state index in [1.807, 2.05) is 23.6 Å². The normalized spacial score (nSPS) is 12.3. The van der Waals surface area contributed by atoms with E-state index in [2.05, 4.69) is 4.98 Å². The molecule has 94 valence electrons. The van der Waals surface area contributed by atoms with E-state index in [0.717, 1.165) is 10.6 Å². The number of benzene rings is 1. The van der Waals surface area contributed by atoms with Crippen LogP contribution in [0.15, 0.2) is 29.6 Å². The number of carboxylic acids is 1. The number of hydrogen-bond acceptors (Lipinski definition) is 4. The fraction of sp³-hybridized carbons (Fsp3) is 0.167. The van der Waals surface area contributed by atoms with Gasteiger partial charge >= 0.3 is 5.97 Å². The van der Waals surface area contributed by atoms with E-state index in [9.17, 15) is 4.79 Å². The molecule has 4 nitrogen and oxygen atoms in total. The van der Waals surface area contributed by atoms with E-state index in [1.54, 1.807) is 6.07 Å². The highest BCUT2D eigenvalue weighted by atomic mass is 35.5. The monoisotopic (exact) mass is 282 g/mol. The van der Waals surface area contributed by atoms with Gasteiger partial charge in [0, 0.05) is 17.4 Å². The van der Waals surface area contributed by atoms with Gasteiger partial charge in [0.05, 0.1) is 10.7 Å². The molecule has 2 rings (SSSR count). The molecule has 18 heavy (non-hydrogen) atoms. The van der Waals surface area contributed by atoms with E-state index in [0.29, 0.717) is 10.7 Å². The number of halogens is 1. The Hall–Kier alpha value is -1.43. The van der Waals surface area contributed by atoms with Crippen LogP contribution in [0.2, 0.25) is 5.02 Å². The molecule has 0 radical (unpaired) electrons. The minimum atomic E-state index is -1.03. The Morgan fingerprint density at radius 3 is 2.89 bits per heavy atom. The zero-order chi connectivity index (χ0) is 13.1. The quantitative estimate of drug-likeness (QED) is 0.903. The van der Waals surface area contributed by atoms with Crippen LogP contribution in [0.25, 0.3) is 10.6 Å². The van der Waals surface area contributed by atoms with Crippen LogP contribution < -0.4 is 5.73 Å². The van der Waals surface area contributed by atoms with Gasteiger partial charge in [-0.15, -0.1) is 11.3 Å². The van der Waals surface area contributed by atoms with Crippen molar-refractivity contribution in [1.29, 1.82) is 0 Å². The summed E-state index contributed by atoms with van der Waals surface area (Å²) in [6.45, 7) is 0. The molecule has 0 saturated heterocycles. The highest BCUT2D eigenvalue weighted by Gasteiger charge is 2.15. The average Bonchev–Trinajstić information content (AvgIpc) is 2.77. The van der Waals surface area contributed by atoms with Crippen molar-refractivity contribution in [3.8, 4) is 10.6 Å². The number of carbonyl (C=O) groups is 1. The molecule has 0 aliphatic carbocycles. The maximum absolute atomic E-state index is 10.7. The SMILES string of the molecule is NC(Cc1csc(-c2ccccc2Cl)n1)C(=O)O. The summed E-state index contributed by atoms with van der Waals surface area (Å²) >= 11 is 7.50. The van der Waals surface area contributed by atoms with Gasteiger partial charge in [-0.3, -0.25) is 4.79 Å². The molecule has 2 aromatic rings. The van der Waals surface area contributed by atoms with Crippen LogP contribution in [0.5, 0.6) is 0 Å².